The summed E-state index contributed by atoms with van der Waals surface area (Å²) in [6.45, 7) is 4.54. The highest BCUT2D eigenvalue weighted by molar-refractivity contribution is 7.89. The summed E-state index contributed by atoms with van der Waals surface area (Å²) in [5.41, 5.74) is 2.51. The first-order valence-corrected chi connectivity index (χ1v) is 10.4. The van der Waals surface area contributed by atoms with Gasteiger partial charge in [-0.3, -0.25) is 4.79 Å². The Balaban J connectivity index is 1.58. The maximum Gasteiger partial charge on any atom is 0.251 e. The van der Waals surface area contributed by atoms with Gasteiger partial charge in [0.25, 0.3) is 5.91 Å². The van der Waals surface area contributed by atoms with Gasteiger partial charge in [0.15, 0.2) is 0 Å². The van der Waals surface area contributed by atoms with Crippen LogP contribution in [0.25, 0.3) is 5.69 Å². The first-order valence-electron chi connectivity index (χ1n) is 8.80. The van der Waals surface area contributed by atoms with Crippen molar-refractivity contribution in [1.29, 1.82) is 0 Å². The van der Waals surface area contributed by atoms with Gasteiger partial charge in [0.1, 0.15) is 0 Å². The molecule has 2 heterocycles. The number of rotatable bonds is 5. The molecule has 0 bridgehead atoms. The lowest BCUT2D eigenvalue weighted by molar-refractivity contribution is 0.0924. The van der Waals surface area contributed by atoms with Gasteiger partial charge in [-0.1, -0.05) is 0 Å². The van der Waals surface area contributed by atoms with Crippen LogP contribution < -0.4 is 5.32 Å². The molecule has 1 aliphatic rings. The van der Waals surface area contributed by atoms with Crippen LogP contribution >= 0.6 is 0 Å². The van der Waals surface area contributed by atoms with Gasteiger partial charge in [0, 0.05) is 36.6 Å². The highest BCUT2D eigenvalue weighted by Gasteiger charge is 2.27. The molecule has 0 spiro atoms. The van der Waals surface area contributed by atoms with Crippen LogP contribution in [0.3, 0.4) is 0 Å². The minimum absolute atomic E-state index is 0.00107. The number of carbonyl (C=O) groups excluding carboxylic acids is 1. The van der Waals surface area contributed by atoms with E-state index in [4.69, 9.17) is 0 Å². The Kier molecular flexibility index (Phi) is 5.43. The highest BCUT2D eigenvalue weighted by atomic mass is 32.2. The summed E-state index contributed by atoms with van der Waals surface area (Å²) >= 11 is 0. The average Bonchev–Trinajstić information content (AvgIpc) is 3.08. The second-order valence-corrected chi connectivity index (χ2v) is 8.74. The number of aromatic nitrogens is 2. The number of aryl methyl sites for hydroxylation is 1. The smallest absolute Gasteiger partial charge is 0.251 e. The van der Waals surface area contributed by atoms with Crippen LogP contribution in [0.1, 0.15) is 35.8 Å². The summed E-state index contributed by atoms with van der Waals surface area (Å²) in [4.78, 5) is 12.4. The van der Waals surface area contributed by atoms with E-state index in [9.17, 15) is 13.2 Å². The predicted molar refractivity (Wildman–Crippen MR) is 99.8 cm³/mol. The van der Waals surface area contributed by atoms with Crippen LogP contribution in [0.2, 0.25) is 0 Å². The summed E-state index contributed by atoms with van der Waals surface area (Å²) < 4.78 is 27.1. The van der Waals surface area contributed by atoms with Gasteiger partial charge in [-0.05, 0) is 57.0 Å². The van der Waals surface area contributed by atoms with Gasteiger partial charge >= 0.3 is 0 Å². The van der Waals surface area contributed by atoms with E-state index < -0.39 is 10.0 Å². The van der Waals surface area contributed by atoms with Crippen LogP contribution in [0.15, 0.2) is 36.5 Å². The molecule has 0 aliphatic carbocycles. The number of amides is 1. The topological polar surface area (TPSA) is 84.3 Å². The third-order valence-electron chi connectivity index (χ3n) is 4.75. The largest absolute Gasteiger partial charge is 0.349 e. The summed E-state index contributed by atoms with van der Waals surface area (Å²) in [6, 6.07) is 9.21. The van der Waals surface area contributed by atoms with Crippen molar-refractivity contribution in [3.8, 4) is 5.69 Å². The van der Waals surface area contributed by atoms with Crippen molar-refractivity contribution in [2.45, 2.75) is 32.7 Å². The van der Waals surface area contributed by atoms with Crippen LogP contribution in [0.5, 0.6) is 0 Å². The van der Waals surface area contributed by atoms with Gasteiger partial charge < -0.3 is 5.32 Å². The monoisotopic (exact) mass is 376 g/mol. The number of hydrogen-bond donors (Lipinski definition) is 1. The van der Waals surface area contributed by atoms with Crippen LogP contribution in [0, 0.1) is 6.92 Å². The zero-order valence-electron chi connectivity index (χ0n) is 15.1. The first-order chi connectivity index (χ1) is 12.4. The second kappa shape index (κ2) is 7.59. The van der Waals surface area contributed by atoms with Gasteiger partial charge in [-0.2, -0.15) is 5.10 Å². The quantitative estimate of drug-likeness (QED) is 0.861. The maximum atomic E-state index is 12.4. The molecule has 7 nitrogen and oxygen atoms in total. The van der Waals surface area contributed by atoms with Gasteiger partial charge in [0.2, 0.25) is 10.0 Å². The SMILES string of the molecule is CCS(=O)(=O)N1CCC(NC(=O)c2ccc(-n3nccc3C)cc2)CC1. The first kappa shape index (κ1) is 18.6. The zero-order valence-corrected chi connectivity index (χ0v) is 15.9. The summed E-state index contributed by atoms with van der Waals surface area (Å²) in [6.07, 6.45) is 3.01. The number of hydrogen-bond acceptors (Lipinski definition) is 4. The Bertz CT molecular complexity index is 866. The van der Waals surface area contributed by atoms with Crippen molar-refractivity contribution in [1.82, 2.24) is 19.4 Å². The molecule has 1 aromatic carbocycles. The molecule has 1 aliphatic heterocycles. The Morgan fingerprint density at radius 1 is 1.19 bits per heavy atom. The number of nitrogens with one attached hydrogen (secondary N) is 1. The highest BCUT2D eigenvalue weighted by Crippen LogP contribution is 2.16. The molecule has 0 saturated carbocycles. The molecule has 140 valence electrons. The fraction of sp³-hybridized carbons (Fsp3) is 0.444. The van der Waals surface area contributed by atoms with E-state index in [0.717, 1.165) is 11.4 Å². The van der Waals surface area contributed by atoms with Crippen molar-refractivity contribution in [2.75, 3.05) is 18.8 Å². The van der Waals surface area contributed by atoms with E-state index in [1.54, 1.807) is 25.3 Å². The molecular formula is C18H24N4O3S. The average molecular weight is 376 g/mol. The fourth-order valence-corrected chi connectivity index (χ4v) is 4.26. The van der Waals surface area contributed by atoms with Gasteiger partial charge in [-0.25, -0.2) is 17.4 Å². The van der Waals surface area contributed by atoms with Crippen molar-refractivity contribution in [2.24, 2.45) is 0 Å². The third kappa shape index (κ3) is 3.96. The zero-order chi connectivity index (χ0) is 18.7. The lowest BCUT2D eigenvalue weighted by Gasteiger charge is -2.31. The van der Waals surface area contributed by atoms with Crippen LogP contribution in [0.4, 0.5) is 0 Å². The molecule has 26 heavy (non-hydrogen) atoms. The number of nitrogens with zero attached hydrogens (tertiary/aromatic N) is 3. The summed E-state index contributed by atoms with van der Waals surface area (Å²) in [5.74, 6) is -0.0166. The van der Waals surface area contributed by atoms with Crippen LogP contribution in [-0.4, -0.2) is 53.3 Å². The van der Waals surface area contributed by atoms with Gasteiger partial charge in [0.05, 0.1) is 11.4 Å². The molecule has 3 rings (SSSR count). The second-order valence-electron chi connectivity index (χ2n) is 6.48. The minimum Gasteiger partial charge on any atom is -0.349 e. The van der Waals surface area contributed by atoms with Crippen LogP contribution in [-0.2, 0) is 10.0 Å². The van der Waals surface area contributed by atoms with Crippen molar-refractivity contribution in [3.05, 3.63) is 47.8 Å². The van der Waals surface area contributed by atoms with E-state index in [0.29, 0.717) is 31.5 Å². The van der Waals surface area contributed by atoms with E-state index in [1.165, 1.54) is 4.31 Å². The Hall–Kier alpha value is -2.19. The molecule has 8 heteroatoms. The molecule has 1 amide bonds. The standard InChI is InChI=1S/C18H24N4O3S/c1-3-26(24,25)21-12-9-16(10-13-21)20-18(23)15-4-6-17(7-5-15)22-14(2)8-11-19-22/h4-8,11,16H,3,9-10,12-13H2,1-2H3,(H,20,23). The molecule has 1 N–H and O–H groups in total. The van der Waals surface area contributed by atoms with Crippen molar-refractivity contribution < 1.29 is 13.2 Å². The number of piperidine rings is 1. The Morgan fingerprint density at radius 3 is 2.38 bits per heavy atom. The lowest BCUT2D eigenvalue weighted by Crippen LogP contribution is -2.46. The molecule has 1 saturated heterocycles. The number of carbonyl (C=O) groups is 1. The van der Waals surface area contributed by atoms with E-state index >= 15 is 0 Å². The van der Waals surface area contributed by atoms with E-state index in [1.807, 2.05) is 29.8 Å². The number of sulfonamides is 1. The summed E-state index contributed by atoms with van der Waals surface area (Å²) in [7, 11) is -3.14. The summed E-state index contributed by atoms with van der Waals surface area (Å²) in [5, 5.41) is 7.26. The van der Waals surface area contributed by atoms with E-state index in [2.05, 4.69) is 10.4 Å². The Labute approximate surface area is 154 Å². The molecular weight excluding hydrogens is 352 g/mol. The van der Waals surface area contributed by atoms with Gasteiger partial charge in [-0.15, -0.1) is 0 Å². The molecule has 1 fully saturated rings. The van der Waals surface area contributed by atoms with E-state index in [-0.39, 0.29) is 17.7 Å². The Morgan fingerprint density at radius 2 is 1.85 bits per heavy atom. The fourth-order valence-electron chi connectivity index (χ4n) is 3.12. The molecule has 2 aromatic rings. The molecule has 0 radical (unpaired) electrons. The molecule has 0 atom stereocenters. The number of benzene rings is 1. The van der Waals surface area contributed by atoms with Crippen molar-refractivity contribution in [3.63, 3.8) is 0 Å². The third-order valence-corrected chi connectivity index (χ3v) is 6.63. The van der Waals surface area contributed by atoms with Crippen molar-refractivity contribution >= 4 is 15.9 Å². The maximum absolute atomic E-state index is 12.4. The lowest BCUT2D eigenvalue weighted by atomic mass is 10.1. The normalized spacial score (nSPS) is 16.5. The molecule has 1 aromatic heterocycles. The predicted octanol–water partition coefficient (Wildman–Crippen LogP) is 1.72. The molecule has 0 unspecified atom stereocenters. The minimum atomic E-state index is -3.14.